The average molecular weight is 290 g/mol. The predicted octanol–water partition coefficient (Wildman–Crippen LogP) is 2.20. The highest BCUT2D eigenvalue weighted by Crippen LogP contribution is 2.29. The summed E-state index contributed by atoms with van der Waals surface area (Å²) in [6.07, 6.45) is 5.80. The van der Waals surface area contributed by atoms with E-state index in [0.717, 1.165) is 36.6 Å². The first-order valence-corrected chi connectivity index (χ1v) is 7.72. The van der Waals surface area contributed by atoms with Crippen molar-refractivity contribution < 1.29 is 4.79 Å². The fraction of sp³-hybridized carbons (Fsp3) is 0.500. The van der Waals surface area contributed by atoms with Gasteiger partial charge in [0.25, 0.3) is 5.91 Å². The standard InChI is InChI=1S/C14H18N4OS/c1-10-12(9-17(2)16-10)14(19)18-6-3-4-11(8-18)13-15-5-7-20-13/h5,7,9,11H,3-4,6,8H2,1-2H3/t11-/m0/s1. The summed E-state index contributed by atoms with van der Waals surface area (Å²) in [7, 11) is 1.85. The van der Waals surface area contributed by atoms with Gasteiger partial charge in [0.2, 0.25) is 0 Å². The first-order chi connectivity index (χ1) is 9.65. The number of amides is 1. The SMILES string of the molecule is Cc1nn(C)cc1C(=O)N1CCC[C@H](c2nccs2)C1. The van der Waals surface area contributed by atoms with Crippen LogP contribution in [0.4, 0.5) is 0 Å². The average Bonchev–Trinajstić information content (AvgIpc) is 3.08. The molecule has 2 aromatic heterocycles. The Labute approximate surface area is 122 Å². The van der Waals surface area contributed by atoms with Crippen LogP contribution in [-0.4, -0.2) is 38.7 Å². The largest absolute Gasteiger partial charge is 0.338 e. The molecule has 1 aliphatic rings. The van der Waals surface area contributed by atoms with Gasteiger partial charge in [-0.25, -0.2) is 4.98 Å². The van der Waals surface area contributed by atoms with Crippen molar-refractivity contribution in [1.29, 1.82) is 0 Å². The second-order valence-electron chi connectivity index (χ2n) is 5.26. The van der Waals surface area contributed by atoms with Crippen LogP contribution in [0.3, 0.4) is 0 Å². The lowest BCUT2D eigenvalue weighted by atomic mass is 9.98. The number of thiazole rings is 1. The van der Waals surface area contributed by atoms with E-state index >= 15 is 0 Å². The van der Waals surface area contributed by atoms with Gasteiger partial charge in [0.05, 0.1) is 16.3 Å². The van der Waals surface area contributed by atoms with Gasteiger partial charge in [0.1, 0.15) is 0 Å². The first-order valence-electron chi connectivity index (χ1n) is 6.84. The molecule has 1 amide bonds. The van der Waals surface area contributed by atoms with Gasteiger partial charge in [0, 0.05) is 43.8 Å². The molecule has 20 heavy (non-hydrogen) atoms. The number of aryl methyl sites for hydroxylation is 2. The molecule has 0 radical (unpaired) electrons. The van der Waals surface area contributed by atoms with Gasteiger partial charge in [-0.3, -0.25) is 9.48 Å². The molecule has 6 heteroatoms. The van der Waals surface area contributed by atoms with E-state index in [1.54, 1.807) is 16.0 Å². The Kier molecular flexibility index (Phi) is 3.56. The molecule has 0 bridgehead atoms. The van der Waals surface area contributed by atoms with Gasteiger partial charge < -0.3 is 4.90 Å². The summed E-state index contributed by atoms with van der Waals surface area (Å²) < 4.78 is 1.70. The maximum atomic E-state index is 12.6. The van der Waals surface area contributed by atoms with Gasteiger partial charge in [-0.2, -0.15) is 5.10 Å². The predicted molar refractivity (Wildman–Crippen MR) is 77.9 cm³/mol. The molecule has 0 N–H and O–H groups in total. The van der Waals surface area contributed by atoms with E-state index in [1.807, 2.05) is 36.6 Å². The number of piperidine rings is 1. The van der Waals surface area contributed by atoms with E-state index in [4.69, 9.17) is 0 Å². The Bertz CT molecular complexity index is 605. The molecular formula is C14H18N4OS. The minimum atomic E-state index is 0.0943. The molecule has 2 aromatic rings. The first kappa shape index (κ1) is 13.3. The minimum absolute atomic E-state index is 0.0943. The molecule has 1 aliphatic heterocycles. The third-order valence-electron chi connectivity index (χ3n) is 3.75. The molecule has 0 saturated carbocycles. The van der Waals surface area contributed by atoms with Crippen molar-refractivity contribution >= 4 is 17.2 Å². The summed E-state index contributed by atoms with van der Waals surface area (Å²) in [6, 6.07) is 0. The molecular weight excluding hydrogens is 272 g/mol. The Morgan fingerprint density at radius 1 is 1.50 bits per heavy atom. The number of likely N-dealkylation sites (tertiary alicyclic amines) is 1. The van der Waals surface area contributed by atoms with Crippen molar-refractivity contribution in [2.75, 3.05) is 13.1 Å². The van der Waals surface area contributed by atoms with Crippen LogP contribution in [0.2, 0.25) is 0 Å². The zero-order valence-electron chi connectivity index (χ0n) is 11.7. The highest BCUT2D eigenvalue weighted by atomic mass is 32.1. The molecule has 1 saturated heterocycles. The van der Waals surface area contributed by atoms with Gasteiger partial charge in [-0.15, -0.1) is 11.3 Å². The molecule has 0 unspecified atom stereocenters. The van der Waals surface area contributed by atoms with Gasteiger partial charge in [-0.1, -0.05) is 0 Å². The topological polar surface area (TPSA) is 51.0 Å². The molecule has 1 fully saturated rings. The third-order valence-corrected chi connectivity index (χ3v) is 4.69. The van der Waals surface area contributed by atoms with Crippen molar-refractivity contribution in [2.45, 2.75) is 25.7 Å². The third kappa shape index (κ3) is 2.47. The van der Waals surface area contributed by atoms with Crippen LogP contribution in [0.1, 0.15) is 39.8 Å². The number of rotatable bonds is 2. The fourth-order valence-electron chi connectivity index (χ4n) is 2.78. The molecule has 106 valence electrons. The molecule has 0 aliphatic carbocycles. The van der Waals surface area contributed by atoms with Crippen LogP contribution in [0, 0.1) is 6.92 Å². The van der Waals surface area contributed by atoms with Crippen LogP contribution in [0.5, 0.6) is 0 Å². The normalized spacial score (nSPS) is 19.3. The quantitative estimate of drug-likeness (QED) is 0.852. The lowest BCUT2D eigenvalue weighted by Crippen LogP contribution is -2.39. The van der Waals surface area contributed by atoms with E-state index in [2.05, 4.69) is 10.1 Å². The van der Waals surface area contributed by atoms with Crippen molar-refractivity contribution in [3.63, 3.8) is 0 Å². The zero-order chi connectivity index (χ0) is 14.1. The van der Waals surface area contributed by atoms with E-state index in [1.165, 1.54) is 0 Å². The Balaban J connectivity index is 1.77. The van der Waals surface area contributed by atoms with Gasteiger partial charge in [0.15, 0.2) is 0 Å². The van der Waals surface area contributed by atoms with Gasteiger partial charge in [-0.05, 0) is 19.8 Å². The molecule has 0 spiro atoms. The van der Waals surface area contributed by atoms with E-state index < -0.39 is 0 Å². The van der Waals surface area contributed by atoms with Crippen molar-refractivity contribution in [3.8, 4) is 0 Å². The van der Waals surface area contributed by atoms with Crippen molar-refractivity contribution in [2.24, 2.45) is 7.05 Å². The number of hydrogen-bond donors (Lipinski definition) is 0. The highest BCUT2D eigenvalue weighted by Gasteiger charge is 2.28. The number of hydrogen-bond acceptors (Lipinski definition) is 4. The number of nitrogens with zero attached hydrogens (tertiary/aromatic N) is 4. The number of carbonyl (C=O) groups is 1. The second-order valence-corrected chi connectivity index (χ2v) is 6.19. The second kappa shape index (κ2) is 5.36. The van der Waals surface area contributed by atoms with Crippen LogP contribution < -0.4 is 0 Å². The highest BCUT2D eigenvalue weighted by molar-refractivity contribution is 7.09. The molecule has 3 rings (SSSR count). The van der Waals surface area contributed by atoms with Crippen molar-refractivity contribution in [1.82, 2.24) is 19.7 Å². The summed E-state index contributed by atoms with van der Waals surface area (Å²) in [4.78, 5) is 18.9. The Morgan fingerprint density at radius 2 is 2.35 bits per heavy atom. The lowest BCUT2D eigenvalue weighted by molar-refractivity contribution is 0.0706. The monoisotopic (exact) mass is 290 g/mol. The molecule has 0 aromatic carbocycles. The van der Waals surface area contributed by atoms with Crippen LogP contribution in [0.15, 0.2) is 17.8 Å². The van der Waals surface area contributed by atoms with Gasteiger partial charge >= 0.3 is 0 Å². The zero-order valence-corrected chi connectivity index (χ0v) is 12.6. The van der Waals surface area contributed by atoms with Crippen LogP contribution in [0.25, 0.3) is 0 Å². The van der Waals surface area contributed by atoms with E-state index in [0.29, 0.717) is 11.5 Å². The summed E-state index contributed by atoms with van der Waals surface area (Å²) in [6.45, 7) is 3.48. The van der Waals surface area contributed by atoms with E-state index in [-0.39, 0.29) is 5.91 Å². The summed E-state index contributed by atoms with van der Waals surface area (Å²) in [5.74, 6) is 0.474. The summed E-state index contributed by atoms with van der Waals surface area (Å²) in [5, 5.41) is 7.40. The van der Waals surface area contributed by atoms with Crippen molar-refractivity contribution in [3.05, 3.63) is 34.0 Å². The minimum Gasteiger partial charge on any atom is -0.338 e. The number of aromatic nitrogens is 3. The maximum Gasteiger partial charge on any atom is 0.257 e. The molecule has 5 nitrogen and oxygen atoms in total. The Hall–Kier alpha value is -1.69. The van der Waals surface area contributed by atoms with E-state index in [9.17, 15) is 4.79 Å². The summed E-state index contributed by atoms with van der Waals surface area (Å²) >= 11 is 1.68. The maximum absolute atomic E-state index is 12.6. The van der Waals surface area contributed by atoms with Crippen LogP contribution >= 0.6 is 11.3 Å². The number of carbonyl (C=O) groups excluding carboxylic acids is 1. The van der Waals surface area contributed by atoms with Crippen LogP contribution in [-0.2, 0) is 7.05 Å². The lowest BCUT2D eigenvalue weighted by Gasteiger charge is -2.31. The summed E-state index contributed by atoms with van der Waals surface area (Å²) in [5.41, 5.74) is 1.51. The molecule has 1 atom stereocenters. The molecule has 3 heterocycles. The smallest absolute Gasteiger partial charge is 0.257 e. The fourth-order valence-corrected chi connectivity index (χ4v) is 3.55. The Morgan fingerprint density at radius 3 is 3.00 bits per heavy atom.